The van der Waals surface area contributed by atoms with Gasteiger partial charge in [0.15, 0.2) is 45.0 Å². The number of anilines is 4. The number of carbonyl (C=O) groups is 3. The Morgan fingerprint density at radius 3 is 1.84 bits per heavy atom. The predicted octanol–water partition coefficient (Wildman–Crippen LogP) is 1.20. The molecule has 51 heavy (non-hydrogen) atoms. The molecule has 4 aromatic heterocycles. The van der Waals surface area contributed by atoms with E-state index in [1.807, 2.05) is 20.8 Å². The van der Waals surface area contributed by atoms with E-state index in [0.29, 0.717) is 0 Å². The molecule has 0 aliphatic heterocycles. The Labute approximate surface area is 306 Å². The number of nitrogen functional groups attached to an aromatic ring is 5. The monoisotopic (exact) mass is 767 g/mol. The summed E-state index contributed by atoms with van der Waals surface area (Å²) < 4.78 is 7.50. The number of carbonyl (C=O) groups excluding carboxylic acids is 3. The molecule has 0 aliphatic rings. The van der Waals surface area contributed by atoms with Crippen molar-refractivity contribution < 1.29 is 19.1 Å². The number of esters is 1. The average molecular weight is 769 g/mol. The topological polar surface area (TPSA) is 352 Å². The van der Waals surface area contributed by atoms with E-state index >= 15 is 0 Å². The quantitative estimate of drug-likeness (QED) is 0.0449. The van der Waals surface area contributed by atoms with Crippen molar-refractivity contribution in [2.75, 3.05) is 22.9 Å². The number of nitrogens with two attached hydrogens (primary N) is 6. The lowest BCUT2D eigenvalue weighted by molar-refractivity contribution is -0.118. The standard InChI is InChI=1S/C14H20ClN5O3.C9H9ClN8O.C4H6N4.ClH/c1-5-14(3,4)20-8(21)6-7(2)23-13(22)9-11(16)19-12(17)10(15)18-9;10-5-7(12)16-6(11)4(15-5)8(19)17-9(13)18-3-1-2-14-18;5-4(6)8-3-1-2-7-8;/h6H,5H2,1-4H3,(H,20,21)(H4,16,17,19);1-3H,(H4,11,12,16)(H2,13,17,19);1-3H,(H3,5,6);1H/b7-6+;;;. The van der Waals surface area contributed by atoms with Gasteiger partial charge in [0.1, 0.15) is 5.76 Å². The number of ether oxygens (including phenoxy) is 1. The second-order valence-electron chi connectivity index (χ2n) is 10.2. The summed E-state index contributed by atoms with van der Waals surface area (Å²) in [6.45, 7) is 7.17. The zero-order chi connectivity index (χ0) is 37.8. The molecular formula is C27H36Cl3N17O4. The first-order valence-electron chi connectivity index (χ1n) is 14.0. The maximum absolute atomic E-state index is 12.0. The van der Waals surface area contributed by atoms with Crippen LogP contribution in [0.15, 0.2) is 53.7 Å². The molecule has 274 valence electrons. The smallest absolute Gasteiger partial charge is 0.365 e. The van der Waals surface area contributed by atoms with Crippen LogP contribution in [0.5, 0.6) is 0 Å². The Balaban J connectivity index is 0.000000416. The lowest BCUT2D eigenvalue weighted by Gasteiger charge is -2.23. The molecule has 0 unspecified atom stereocenters. The number of halogens is 3. The first-order chi connectivity index (χ1) is 23.3. The highest BCUT2D eigenvalue weighted by Gasteiger charge is 2.20. The van der Waals surface area contributed by atoms with Gasteiger partial charge in [0, 0.05) is 36.4 Å². The molecule has 0 atom stereocenters. The molecule has 4 rings (SSSR count). The zero-order valence-corrected chi connectivity index (χ0v) is 29.9. The van der Waals surface area contributed by atoms with Crippen molar-refractivity contribution in [3.05, 3.63) is 70.4 Å². The summed E-state index contributed by atoms with van der Waals surface area (Å²) >= 11 is 11.4. The van der Waals surface area contributed by atoms with Crippen molar-refractivity contribution in [1.29, 1.82) is 5.41 Å². The minimum Gasteiger partial charge on any atom is -0.426 e. The number of aromatic nitrogens is 8. The largest absolute Gasteiger partial charge is 0.426 e. The first kappa shape index (κ1) is 43.0. The van der Waals surface area contributed by atoms with E-state index in [-0.39, 0.29) is 86.5 Å². The molecule has 2 amide bonds. The zero-order valence-electron chi connectivity index (χ0n) is 27.5. The van der Waals surface area contributed by atoms with Gasteiger partial charge < -0.3 is 44.5 Å². The van der Waals surface area contributed by atoms with Gasteiger partial charge >= 0.3 is 11.9 Å². The molecule has 0 radical (unpaired) electrons. The maximum Gasteiger partial charge on any atom is 0.365 e. The Kier molecular flexibility index (Phi) is 16.2. The summed E-state index contributed by atoms with van der Waals surface area (Å²) in [5.41, 5.74) is 31.7. The fourth-order valence-corrected chi connectivity index (χ4v) is 3.33. The van der Waals surface area contributed by atoms with E-state index in [4.69, 9.17) is 67.8 Å². The summed E-state index contributed by atoms with van der Waals surface area (Å²) in [6.07, 6.45) is 8.11. The molecule has 0 aliphatic carbocycles. The van der Waals surface area contributed by atoms with Crippen LogP contribution >= 0.6 is 35.6 Å². The van der Waals surface area contributed by atoms with Crippen LogP contribution in [0.2, 0.25) is 10.3 Å². The van der Waals surface area contributed by atoms with Gasteiger partial charge in [-0.15, -0.1) is 12.4 Å². The van der Waals surface area contributed by atoms with Gasteiger partial charge in [0.05, 0.1) is 0 Å². The highest BCUT2D eigenvalue weighted by Crippen LogP contribution is 2.19. The van der Waals surface area contributed by atoms with Crippen LogP contribution in [0.4, 0.5) is 23.3 Å². The molecule has 24 heteroatoms. The van der Waals surface area contributed by atoms with E-state index in [1.54, 1.807) is 24.5 Å². The number of allylic oxidation sites excluding steroid dienone is 1. The number of rotatable bonds is 6. The van der Waals surface area contributed by atoms with Crippen LogP contribution in [0.25, 0.3) is 0 Å². The minimum atomic E-state index is -0.881. The van der Waals surface area contributed by atoms with Gasteiger partial charge in [-0.05, 0) is 39.3 Å². The Morgan fingerprint density at radius 1 is 0.902 bits per heavy atom. The van der Waals surface area contributed by atoms with Crippen molar-refractivity contribution in [2.24, 2.45) is 16.5 Å². The van der Waals surface area contributed by atoms with E-state index in [0.717, 1.165) is 12.5 Å². The third-order valence-electron chi connectivity index (χ3n) is 5.85. The normalized spacial score (nSPS) is 11.1. The van der Waals surface area contributed by atoms with Crippen molar-refractivity contribution in [3.8, 4) is 0 Å². The fourth-order valence-electron chi connectivity index (χ4n) is 3.08. The molecule has 0 fully saturated rings. The van der Waals surface area contributed by atoms with Crippen LogP contribution in [-0.2, 0) is 9.53 Å². The fraction of sp³-hybridized carbons (Fsp3) is 0.222. The highest BCUT2D eigenvalue weighted by molar-refractivity contribution is 6.32. The molecule has 0 saturated heterocycles. The van der Waals surface area contributed by atoms with Crippen molar-refractivity contribution in [1.82, 2.24) is 44.8 Å². The summed E-state index contributed by atoms with van der Waals surface area (Å²) in [6, 6.07) is 3.34. The molecule has 0 spiro atoms. The second-order valence-corrected chi connectivity index (χ2v) is 10.9. The summed E-state index contributed by atoms with van der Waals surface area (Å²) in [5, 5.41) is 16.8. The number of amides is 2. The molecule has 0 aromatic carbocycles. The Bertz CT molecular complexity index is 1900. The van der Waals surface area contributed by atoms with Gasteiger partial charge in [-0.25, -0.2) is 34.1 Å². The maximum atomic E-state index is 12.0. The van der Waals surface area contributed by atoms with Crippen molar-refractivity contribution >= 4 is 88.6 Å². The summed E-state index contributed by atoms with van der Waals surface area (Å²) in [7, 11) is 0. The van der Waals surface area contributed by atoms with Gasteiger partial charge in [-0.3, -0.25) is 15.0 Å². The van der Waals surface area contributed by atoms with Crippen LogP contribution in [0.1, 0.15) is 55.1 Å². The number of hydrogen-bond acceptors (Lipinski definition) is 15. The third kappa shape index (κ3) is 13.4. The molecule has 4 heterocycles. The predicted molar refractivity (Wildman–Crippen MR) is 194 cm³/mol. The highest BCUT2D eigenvalue weighted by atomic mass is 35.5. The summed E-state index contributed by atoms with van der Waals surface area (Å²) in [4.78, 5) is 54.1. The minimum absolute atomic E-state index is 0. The van der Waals surface area contributed by atoms with E-state index in [1.165, 1.54) is 28.7 Å². The molecule has 4 aromatic rings. The lowest BCUT2D eigenvalue weighted by Crippen LogP contribution is -2.42. The molecule has 0 saturated carbocycles. The number of hydrogen-bond donors (Lipinski definition) is 8. The number of nitrogens with zero attached hydrogens (tertiary/aromatic N) is 9. The molecule has 14 N–H and O–H groups in total. The average Bonchev–Trinajstić information content (AvgIpc) is 3.76. The van der Waals surface area contributed by atoms with Gasteiger partial charge in [0.2, 0.25) is 17.8 Å². The second kappa shape index (κ2) is 19.2. The van der Waals surface area contributed by atoms with E-state index in [9.17, 15) is 14.4 Å². The van der Waals surface area contributed by atoms with Crippen molar-refractivity contribution in [3.63, 3.8) is 0 Å². The van der Waals surface area contributed by atoms with Gasteiger partial charge in [0.25, 0.3) is 0 Å². The Hall–Kier alpha value is -6.06. The number of nitrogens with one attached hydrogen (secondary N) is 2. The van der Waals surface area contributed by atoms with Gasteiger partial charge in [-0.2, -0.15) is 15.2 Å². The molecule has 0 bridgehead atoms. The molecular weight excluding hydrogens is 733 g/mol. The number of aliphatic imine (C=N–C) groups is 1. The van der Waals surface area contributed by atoms with E-state index in [2.05, 4.69) is 40.4 Å². The Morgan fingerprint density at radius 2 is 1.39 bits per heavy atom. The lowest BCUT2D eigenvalue weighted by atomic mass is 10.0. The SMILES string of the molecule is CCC(C)(C)NC(=O)/C=C(\C)OC(=O)c1nc(Cl)c(N)nc1N.Cl.N=C(N)n1cccn1.NC(=NC(=O)c1nc(Cl)c(N)nc1N)n1cccn1. The van der Waals surface area contributed by atoms with E-state index < -0.39 is 11.9 Å². The first-order valence-corrected chi connectivity index (χ1v) is 14.7. The molecule has 21 nitrogen and oxygen atoms in total. The summed E-state index contributed by atoms with van der Waals surface area (Å²) in [5.74, 6) is -2.71. The van der Waals surface area contributed by atoms with Gasteiger partial charge in [-0.1, -0.05) is 30.1 Å². The van der Waals surface area contributed by atoms with Crippen LogP contribution in [0, 0.1) is 5.41 Å². The van der Waals surface area contributed by atoms with Crippen molar-refractivity contribution in [2.45, 2.75) is 39.7 Å². The van der Waals surface area contributed by atoms with Crippen LogP contribution in [0.3, 0.4) is 0 Å². The third-order valence-corrected chi connectivity index (χ3v) is 6.40. The van der Waals surface area contributed by atoms with Crippen LogP contribution in [-0.4, -0.2) is 74.7 Å². The van der Waals surface area contributed by atoms with Crippen LogP contribution < -0.4 is 39.7 Å².